The number of ether oxygens (including phenoxy) is 3. The van der Waals surface area contributed by atoms with E-state index in [1.165, 1.54) is 48.5 Å². The van der Waals surface area contributed by atoms with Crippen molar-refractivity contribution in [2.75, 3.05) is 13.2 Å². The minimum absolute atomic E-state index is 0.137. The summed E-state index contributed by atoms with van der Waals surface area (Å²) in [5.74, 6) is -4.03. The molecule has 0 heterocycles. The molecule has 0 aliphatic heterocycles. The highest BCUT2D eigenvalue weighted by Gasteiger charge is 2.42. The molecule has 0 fully saturated rings. The SMILES string of the molecule is [C-]#[N+]C/C(F)=C(\F)CC(C(=O)OCC)N(C(=O)OC(C)(C)C)C(=O)OC(C)(C)C. The third kappa shape index (κ3) is 9.87. The fourth-order valence-electron chi connectivity index (χ4n) is 1.91. The van der Waals surface area contributed by atoms with Crippen LogP contribution in [0.5, 0.6) is 0 Å². The summed E-state index contributed by atoms with van der Waals surface area (Å²) in [5.41, 5.74) is -2.11. The van der Waals surface area contributed by atoms with Gasteiger partial charge in [-0.15, -0.1) is 0 Å². The van der Waals surface area contributed by atoms with Crippen LogP contribution in [0.4, 0.5) is 18.4 Å². The second kappa shape index (κ2) is 10.7. The molecule has 0 aliphatic rings. The quantitative estimate of drug-likeness (QED) is 0.357. The molecule has 0 saturated carbocycles. The average molecular weight is 418 g/mol. The number of carbonyl (C=O) groups is 3. The molecule has 0 aliphatic carbocycles. The molecule has 0 aromatic carbocycles. The predicted molar refractivity (Wildman–Crippen MR) is 100 cm³/mol. The van der Waals surface area contributed by atoms with Crippen molar-refractivity contribution in [3.8, 4) is 0 Å². The van der Waals surface area contributed by atoms with Gasteiger partial charge in [-0.25, -0.2) is 29.7 Å². The van der Waals surface area contributed by atoms with Crippen molar-refractivity contribution in [3.05, 3.63) is 23.1 Å². The van der Waals surface area contributed by atoms with E-state index in [-0.39, 0.29) is 11.5 Å². The zero-order chi connectivity index (χ0) is 23.0. The Labute approximate surface area is 169 Å². The highest BCUT2D eigenvalue weighted by molar-refractivity contribution is 5.94. The molecule has 0 rings (SSSR count). The average Bonchev–Trinajstić information content (AvgIpc) is 2.50. The maximum absolute atomic E-state index is 14.2. The summed E-state index contributed by atoms with van der Waals surface area (Å²) in [6.07, 6.45) is -3.61. The van der Waals surface area contributed by atoms with Crippen molar-refractivity contribution in [2.24, 2.45) is 0 Å². The highest BCUT2D eigenvalue weighted by atomic mass is 19.2. The smallest absolute Gasteiger partial charge is 0.420 e. The molecule has 10 heteroatoms. The topological polar surface area (TPSA) is 86.5 Å². The van der Waals surface area contributed by atoms with Crippen LogP contribution < -0.4 is 0 Å². The van der Waals surface area contributed by atoms with Crippen LogP contribution in [-0.4, -0.2) is 53.5 Å². The Balaban J connectivity index is 6.21. The van der Waals surface area contributed by atoms with Crippen molar-refractivity contribution in [1.29, 1.82) is 0 Å². The number of halogens is 2. The first-order valence-electron chi connectivity index (χ1n) is 8.91. The van der Waals surface area contributed by atoms with Gasteiger partial charge < -0.3 is 19.1 Å². The maximum Gasteiger partial charge on any atom is 0.420 e. The minimum atomic E-state index is -1.89. The first kappa shape index (κ1) is 26.3. The van der Waals surface area contributed by atoms with Crippen molar-refractivity contribution >= 4 is 18.2 Å². The van der Waals surface area contributed by atoms with Gasteiger partial charge in [-0.3, -0.25) is 0 Å². The monoisotopic (exact) mass is 418 g/mol. The zero-order valence-electron chi connectivity index (χ0n) is 17.8. The normalized spacial score (nSPS) is 13.5. The van der Waals surface area contributed by atoms with Gasteiger partial charge in [0.15, 0.2) is 6.04 Å². The molecule has 0 N–H and O–H groups in total. The number of nitrogens with zero attached hydrogens (tertiary/aromatic N) is 2. The number of amides is 2. The predicted octanol–water partition coefficient (Wildman–Crippen LogP) is 4.55. The molecule has 1 atom stereocenters. The minimum Gasteiger partial charge on any atom is -0.464 e. The first-order valence-corrected chi connectivity index (χ1v) is 8.91. The number of hydrogen-bond donors (Lipinski definition) is 0. The lowest BCUT2D eigenvalue weighted by atomic mass is 10.1. The zero-order valence-corrected chi connectivity index (χ0v) is 17.8. The van der Waals surface area contributed by atoms with Gasteiger partial charge in [0.1, 0.15) is 17.0 Å². The molecule has 8 nitrogen and oxygen atoms in total. The van der Waals surface area contributed by atoms with Gasteiger partial charge in [0, 0.05) is 6.42 Å². The van der Waals surface area contributed by atoms with E-state index >= 15 is 0 Å². The van der Waals surface area contributed by atoms with Crippen LogP contribution >= 0.6 is 0 Å². The van der Waals surface area contributed by atoms with E-state index in [1.807, 2.05) is 0 Å². The molecule has 0 aromatic rings. The fourth-order valence-corrected chi connectivity index (χ4v) is 1.91. The van der Waals surface area contributed by atoms with Crippen molar-refractivity contribution in [1.82, 2.24) is 4.90 Å². The summed E-state index contributed by atoms with van der Waals surface area (Å²) in [6, 6.07) is -1.89. The molecule has 0 bridgehead atoms. The molecule has 0 saturated heterocycles. The van der Waals surface area contributed by atoms with Crippen LogP contribution in [-0.2, 0) is 19.0 Å². The third-order valence-electron chi connectivity index (χ3n) is 2.94. The fraction of sp³-hybridized carbons (Fsp3) is 0.684. The Hall–Kier alpha value is -2.70. The highest BCUT2D eigenvalue weighted by Crippen LogP contribution is 2.23. The summed E-state index contributed by atoms with van der Waals surface area (Å²) in [5, 5.41) is 0. The molecule has 1 unspecified atom stereocenters. The summed E-state index contributed by atoms with van der Waals surface area (Å²) in [4.78, 5) is 40.6. The van der Waals surface area contributed by atoms with Crippen LogP contribution in [0.1, 0.15) is 54.9 Å². The molecule has 29 heavy (non-hydrogen) atoms. The molecule has 0 spiro atoms. The Bertz CT molecular complexity index is 658. The van der Waals surface area contributed by atoms with Crippen LogP contribution in [0.15, 0.2) is 11.7 Å². The second-order valence-electron chi connectivity index (χ2n) is 7.93. The van der Waals surface area contributed by atoms with Crippen LogP contribution in [0, 0.1) is 6.57 Å². The Morgan fingerprint density at radius 3 is 1.76 bits per heavy atom. The number of hydrogen-bond acceptors (Lipinski definition) is 6. The van der Waals surface area contributed by atoms with E-state index in [0.29, 0.717) is 0 Å². The van der Waals surface area contributed by atoms with E-state index in [9.17, 15) is 23.2 Å². The third-order valence-corrected chi connectivity index (χ3v) is 2.94. The maximum atomic E-state index is 14.2. The van der Waals surface area contributed by atoms with Gasteiger partial charge in [-0.05, 0) is 48.5 Å². The number of rotatable bonds is 6. The van der Waals surface area contributed by atoms with Crippen LogP contribution in [0.3, 0.4) is 0 Å². The molecular formula is C19H28F2N2O6. The lowest BCUT2D eigenvalue weighted by Crippen LogP contribution is -2.52. The van der Waals surface area contributed by atoms with Gasteiger partial charge in [0.2, 0.25) is 5.83 Å². The molecular weight excluding hydrogens is 390 g/mol. The summed E-state index contributed by atoms with van der Waals surface area (Å²) < 4.78 is 43.0. The van der Waals surface area contributed by atoms with E-state index in [4.69, 9.17) is 20.8 Å². The Kier molecular flexibility index (Phi) is 9.74. The Morgan fingerprint density at radius 1 is 0.966 bits per heavy atom. The second-order valence-corrected chi connectivity index (χ2v) is 7.93. The van der Waals surface area contributed by atoms with Crippen molar-refractivity contribution in [3.63, 3.8) is 0 Å². The van der Waals surface area contributed by atoms with Gasteiger partial charge in [0.25, 0.3) is 6.54 Å². The van der Waals surface area contributed by atoms with Gasteiger partial charge in [0.05, 0.1) is 6.61 Å². The summed E-state index contributed by atoms with van der Waals surface area (Å²) in [6.45, 7) is 16.2. The summed E-state index contributed by atoms with van der Waals surface area (Å²) >= 11 is 0. The van der Waals surface area contributed by atoms with E-state index in [2.05, 4.69) is 4.85 Å². The lowest BCUT2D eigenvalue weighted by molar-refractivity contribution is -0.149. The van der Waals surface area contributed by atoms with E-state index in [1.54, 1.807) is 0 Å². The largest absolute Gasteiger partial charge is 0.464 e. The molecule has 164 valence electrons. The van der Waals surface area contributed by atoms with Crippen LogP contribution in [0.25, 0.3) is 4.85 Å². The number of carbonyl (C=O) groups excluding carboxylic acids is 3. The first-order chi connectivity index (χ1) is 13.1. The van der Waals surface area contributed by atoms with Crippen LogP contribution in [0.2, 0.25) is 0 Å². The number of imide groups is 1. The number of esters is 1. The van der Waals surface area contributed by atoms with Gasteiger partial charge >= 0.3 is 18.2 Å². The van der Waals surface area contributed by atoms with Crippen molar-refractivity contribution < 1.29 is 37.4 Å². The standard InChI is InChI=1S/C19H28F2N2O6/c1-9-27-15(24)14(10-12(20)13(21)11-22-8)23(16(25)28-18(2,3)4)17(26)29-19(5,6)7/h14H,9-11H2,1-7H3/b13-12+. The van der Waals surface area contributed by atoms with Crippen molar-refractivity contribution in [2.45, 2.75) is 72.1 Å². The summed E-state index contributed by atoms with van der Waals surface area (Å²) in [7, 11) is 0. The lowest BCUT2D eigenvalue weighted by Gasteiger charge is -2.32. The molecule has 2 amide bonds. The van der Waals surface area contributed by atoms with Gasteiger partial charge in [-0.1, -0.05) is 0 Å². The van der Waals surface area contributed by atoms with Gasteiger partial charge in [-0.2, -0.15) is 4.90 Å². The van der Waals surface area contributed by atoms with E-state index in [0.717, 1.165) is 0 Å². The van der Waals surface area contributed by atoms with E-state index < -0.39 is 60.0 Å². The molecule has 0 radical (unpaired) electrons. The molecule has 0 aromatic heterocycles. The Morgan fingerprint density at radius 2 is 1.41 bits per heavy atom.